The molecule has 2 aromatic carbocycles. The van der Waals surface area contributed by atoms with Crippen molar-refractivity contribution < 1.29 is 9.18 Å². The van der Waals surface area contributed by atoms with E-state index in [4.69, 9.17) is 11.6 Å². The fraction of sp³-hybridized carbons (Fsp3) is 0.500. The maximum absolute atomic E-state index is 14.1. The Kier molecular flexibility index (Phi) is 7.69. The minimum Gasteiger partial charge on any atom is -0.372 e. The molecule has 2 heterocycles. The summed E-state index contributed by atoms with van der Waals surface area (Å²) in [6.07, 6.45) is 5.45. The first-order valence-corrected chi connectivity index (χ1v) is 12.2. The zero-order valence-corrected chi connectivity index (χ0v) is 19.6. The number of nitrogens with one attached hydrogen (secondary N) is 1. The summed E-state index contributed by atoms with van der Waals surface area (Å²) in [5, 5.41) is 3.61. The summed E-state index contributed by atoms with van der Waals surface area (Å²) in [5.41, 5.74) is 3.06. The second kappa shape index (κ2) is 10.7. The normalized spacial score (nSPS) is 19.0. The third kappa shape index (κ3) is 5.81. The zero-order valence-electron chi connectivity index (χ0n) is 18.8. The Morgan fingerprint density at radius 3 is 2.41 bits per heavy atom. The van der Waals surface area contributed by atoms with Crippen molar-refractivity contribution in [1.82, 2.24) is 10.2 Å². The Hall–Kier alpha value is -2.11. The van der Waals surface area contributed by atoms with Gasteiger partial charge in [0.15, 0.2) is 0 Å². The first kappa shape index (κ1) is 23.1. The predicted molar refractivity (Wildman–Crippen MR) is 128 cm³/mol. The van der Waals surface area contributed by atoms with Crippen molar-refractivity contribution in [2.24, 2.45) is 5.92 Å². The Labute approximate surface area is 195 Å². The molecular formula is C26H33ClFN3O. The molecule has 2 saturated heterocycles. The third-order valence-electron chi connectivity index (χ3n) is 6.84. The molecule has 32 heavy (non-hydrogen) atoms. The lowest BCUT2D eigenvalue weighted by molar-refractivity contribution is -0.127. The van der Waals surface area contributed by atoms with Crippen LogP contribution in [0.3, 0.4) is 0 Å². The Balaban J connectivity index is 1.25. The number of carbonyl (C=O) groups is 1. The molecule has 1 atom stereocenters. The van der Waals surface area contributed by atoms with E-state index in [0.29, 0.717) is 17.1 Å². The highest BCUT2D eigenvalue weighted by atomic mass is 35.5. The molecule has 0 spiro atoms. The summed E-state index contributed by atoms with van der Waals surface area (Å²) in [7, 11) is 0. The number of rotatable bonds is 6. The number of halogens is 2. The fourth-order valence-electron chi connectivity index (χ4n) is 4.78. The highest BCUT2D eigenvalue weighted by molar-refractivity contribution is 6.30. The molecule has 2 fully saturated rings. The number of piperidine rings is 2. The number of likely N-dealkylation sites (tertiary alicyclic amines) is 1. The van der Waals surface area contributed by atoms with Crippen LogP contribution in [0.25, 0.3) is 0 Å². The van der Waals surface area contributed by atoms with E-state index in [2.05, 4.69) is 39.4 Å². The van der Waals surface area contributed by atoms with Gasteiger partial charge in [-0.3, -0.25) is 9.69 Å². The lowest BCUT2D eigenvalue weighted by atomic mass is 9.94. The van der Waals surface area contributed by atoms with Crippen LogP contribution in [0.4, 0.5) is 10.1 Å². The molecule has 2 aromatic rings. The molecule has 0 bridgehead atoms. The van der Waals surface area contributed by atoms with Crippen LogP contribution in [0.1, 0.15) is 56.2 Å². The summed E-state index contributed by atoms with van der Waals surface area (Å²) in [5.74, 6) is -0.135. The van der Waals surface area contributed by atoms with Crippen molar-refractivity contribution in [3.05, 3.63) is 64.4 Å². The van der Waals surface area contributed by atoms with Crippen LogP contribution in [-0.2, 0) is 11.3 Å². The zero-order chi connectivity index (χ0) is 22.5. The molecule has 0 aliphatic carbocycles. The van der Waals surface area contributed by atoms with Crippen LogP contribution in [0.15, 0.2) is 42.5 Å². The summed E-state index contributed by atoms with van der Waals surface area (Å²) < 4.78 is 14.1. The van der Waals surface area contributed by atoms with E-state index in [1.165, 1.54) is 31.0 Å². The molecule has 1 N–H and O–H groups in total. The molecule has 0 aromatic heterocycles. The van der Waals surface area contributed by atoms with Crippen LogP contribution in [-0.4, -0.2) is 37.0 Å². The standard InChI is InChI=1S/C26H33ClFN3O/c1-19(20-6-9-24(10-7-20)31-13-3-2-4-14-31)29-26(32)21-11-15-30(16-12-21)18-22-5-8-23(27)17-25(22)28/h5-10,17,19,21H,2-4,11-16,18H2,1H3,(H,29,32). The average Bonchev–Trinajstić information content (AvgIpc) is 2.82. The molecule has 6 heteroatoms. The van der Waals surface area contributed by atoms with E-state index in [1.807, 2.05) is 6.92 Å². The van der Waals surface area contributed by atoms with Crippen molar-refractivity contribution in [3.63, 3.8) is 0 Å². The average molecular weight is 458 g/mol. The highest BCUT2D eigenvalue weighted by Crippen LogP contribution is 2.25. The molecule has 0 saturated carbocycles. The van der Waals surface area contributed by atoms with Crippen molar-refractivity contribution in [2.75, 3.05) is 31.1 Å². The topological polar surface area (TPSA) is 35.6 Å². The first-order valence-electron chi connectivity index (χ1n) is 11.8. The van der Waals surface area contributed by atoms with Crippen molar-refractivity contribution >= 4 is 23.2 Å². The van der Waals surface area contributed by atoms with Gasteiger partial charge in [-0.15, -0.1) is 0 Å². The number of amides is 1. The molecule has 4 rings (SSSR count). The maximum Gasteiger partial charge on any atom is 0.223 e. The Morgan fingerprint density at radius 2 is 1.75 bits per heavy atom. The van der Waals surface area contributed by atoms with Crippen molar-refractivity contribution in [2.45, 2.75) is 51.6 Å². The SMILES string of the molecule is CC(NC(=O)C1CCN(Cc2ccc(Cl)cc2F)CC1)c1ccc(N2CCCCC2)cc1. The summed E-state index contributed by atoms with van der Waals surface area (Å²) >= 11 is 5.84. The summed E-state index contributed by atoms with van der Waals surface area (Å²) in [6, 6.07) is 13.4. The smallest absolute Gasteiger partial charge is 0.223 e. The minimum atomic E-state index is -0.266. The largest absolute Gasteiger partial charge is 0.372 e. The molecule has 1 amide bonds. The first-order chi connectivity index (χ1) is 15.5. The van der Waals surface area contributed by atoms with Gasteiger partial charge >= 0.3 is 0 Å². The summed E-state index contributed by atoms with van der Waals surface area (Å²) in [6.45, 7) is 6.45. The second-order valence-corrected chi connectivity index (χ2v) is 9.59. The van der Waals surface area contributed by atoms with Gasteiger partial charge in [0.25, 0.3) is 0 Å². The number of nitrogens with zero attached hydrogens (tertiary/aromatic N) is 2. The predicted octanol–water partition coefficient (Wildman–Crippen LogP) is 5.56. The van der Waals surface area contributed by atoms with Crippen LogP contribution in [0.5, 0.6) is 0 Å². The Bertz CT molecular complexity index is 906. The number of hydrogen-bond acceptors (Lipinski definition) is 3. The number of benzene rings is 2. The van der Waals surface area contributed by atoms with E-state index in [0.717, 1.165) is 44.6 Å². The van der Waals surface area contributed by atoms with E-state index in [9.17, 15) is 9.18 Å². The van der Waals surface area contributed by atoms with Gasteiger partial charge in [-0.2, -0.15) is 0 Å². The quantitative estimate of drug-likeness (QED) is 0.616. The molecule has 0 radical (unpaired) electrons. The van der Waals surface area contributed by atoms with Gasteiger partial charge in [-0.05, 0) is 81.9 Å². The third-order valence-corrected chi connectivity index (χ3v) is 7.08. The van der Waals surface area contributed by atoms with E-state index in [1.54, 1.807) is 12.1 Å². The minimum absolute atomic E-state index is 0.0105. The lowest BCUT2D eigenvalue weighted by Gasteiger charge is -2.32. The van der Waals surface area contributed by atoms with Crippen molar-refractivity contribution in [1.29, 1.82) is 0 Å². The highest BCUT2D eigenvalue weighted by Gasteiger charge is 2.26. The van der Waals surface area contributed by atoms with Crippen LogP contribution >= 0.6 is 11.6 Å². The van der Waals surface area contributed by atoms with E-state index >= 15 is 0 Å². The second-order valence-electron chi connectivity index (χ2n) is 9.16. The Morgan fingerprint density at radius 1 is 1.06 bits per heavy atom. The monoisotopic (exact) mass is 457 g/mol. The molecule has 2 aliphatic heterocycles. The fourth-order valence-corrected chi connectivity index (χ4v) is 4.94. The van der Waals surface area contributed by atoms with Gasteiger partial charge in [0.2, 0.25) is 5.91 Å². The van der Waals surface area contributed by atoms with Gasteiger partial charge in [-0.25, -0.2) is 4.39 Å². The molecule has 2 aliphatic rings. The number of carbonyl (C=O) groups excluding carboxylic acids is 1. The number of anilines is 1. The lowest BCUT2D eigenvalue weighted by Crippen LogP contribution is -2.41. The van der Waals surface area contributed by atoms with E-state index < -0.39 is 0 Å². The van der Waals surface area contributed by atoms with Crippen LogP contribution in [0.2, 0.25) is 5.02 Å². The van der Waals surface area contributed by atoms with Gasteiger partial charge in [0, 0.05) is 41.8 Å². The van der Waals surface area contributed by atoms with Gasteiger partial charge in [-0.1, -0.05) is 29.8 Å². The van der Waals surface area contributed by atoms with Gasteiger partial charge < -0.3 is 10.2 Å². The van der Waals surface area contributed by atoms with Crippen LogP contribution < -0.4 is 10.2 Å². The maximum atomic E-state index is 14.1. The number of hydrogen-bond donors (Lipinski definition) is 1. The van der Waals surface area contributed by atoms with Crippen LogP contribution in [0, 0.1) is 11.7 Å². The van der Waals surface area contributed by atoms with Gasteiger partial charge in [0.1, 0.15) is 5.82 Å². The molecule has 172 valence electrons. The molecule has 1 unspecified atom stereocenters. The molecular weight excluding hydrogens is 425 g/mol. The summed E-state index contributed by atoms with van der Waals surface area (Å²) in [4.78, 5) is 17.5. The van der Waals surface area contributed by atoms with Gasteiger partial charge in [0.05, 0.1) is 6.04 Å². The van der Waals surface area contributed by atoms with E-state index in [-0.39, 0.29) is 23.7 Å². The molecule has 4 nitrogen and oxygen atoms in total. The van der Waals surface area contributed by atoms with Crippen molar-refractivity contribution in [3.8, 4) is 0 Å².